The van der Waals surface area contributed by atoms with Crippen molar-refractivity contribution in [2.45, 2.75) is 31.9 Å². The van der Waals surface area contributed by atoms with Crippen molar-refractivity contribution in [2.75, 3.05) is 0 Å². The third-order valence-electron chi connectivity index (χ3n) is 1.95. The quantitative estimate of drug-likeness (QED) is 0.692. The van der Waals surface area contributed by atoms with Gasteiger partial charge >= 0.3 is 0 Å². The van der Waals surface area contributed by atoms with Gasteiger partial charge in [0.05, 0.1) is 6.10 Å². The van der Waals surface area contributed by atoms with Crippen LogP contribution in [0.2, 0.25) is 0 Å². The molecule has 0 aliphatic rings. The molecule has 1 aromatic rings. The molecule has 4 heteroatoms. The zero-order valence-electron chi connectivity index (χ0n) is 7.72. The van der Waals surface area contributed by atoms with E-state index in [-0.39, 0.29) is 6.04 Å². The van der Waals surface area contributed by atoms with Gasteiger partial charge in [0.2, 0.25) is 0 Å². The Morgan fingerprint density at radius 3 is 2.62 bits per heavy atom. The van der Waals surface area contributed by atoms with Gasteiger partial charge in [-0.25, -0.2) is 9.97 Å². The summed E-state index contributed by atoms with van der Waals surface area (Å²) in [6.45, 7) is 1.90. The molecule has 0 radical (unpaired) electrons. The van der Waals surface area contributed by atoms with Gasteiger partial charge in [-0.05, 0) is 12.5 Å². The number of hydrogen-bond acceptors (Lipinski definition) is 4. The van der Waals surface area contributed by atoms with Gasteiger partial charge in [0.1, 0.15) is 5.82 Å². The van der Waals surface area contributed by atoms with Crippen molar-refractivity contribution >= 4 is 0 Å². The van der Waals surface area contributed by atoms with Gasteiger partial charge in [-0.2, -0.15) is 0 Å². The van der Waals surface area contributed by atoms with Crippen molar-refractivity contribution in [2.24, 2.45) is 5.73 Å². The van der Waals surface area contributed by atoms with E-state index in [1.54, 1.807) is 18.5 Å². The zero-order chi connectivity index (χ0) is 9.68. The maximum atomic E-state index is 9.41. The standard InChI is InChI=1S/C9H15N3O/c1-2-8(13)7(10)6-9-11-4-3-5-12-9/h3-5,7-8,13H,2,6,10H2,1H3. The summed E-state index contributed by atoms with van der Waals surface area (Å²) in [5.74, 6) is 0.683. The van der Waals surface area contributed by atoms with Crippen LogP contribution in [0.3, 0.4) is 0 Å². The van der Waals surface area contributed by atoms with Crippen LogP contribution in [0.4, 0.5) is 0 Å². The van der Waals surface area contributed by atoms with Crippen LogP contribution in [0.1, 0.15) is 19.2 Å². The number of nitrogens with two attached hydrogens (primary N) is 1. The molecule has 13 heavy (non-hydrogen) atoms. The summed E-state index contributed by atoms with van der Waals surface area (Å²) in [6, 6.07) is 1.48. The van der Waals surface area contributed by atoms with E-state index in [9.17, 15) is 5.11 Å². The molecular weight excluding hydrogens is 166 g/mol. The predicted molar refractivity (Wildman–Crippen MR) is 50.0 cm³/mol. The van der Waals surface area contributed by atoms with E-state index in [2.05, 4.69) is 9.97 Å². The summed E-state index contributed by atoms with van der Waals surface area (Å²) in [4.78, 5) is 8.07. The minimum Gasteiger partial charge on any atom is -0.392 e. The van der Waals surface area contributed by atoms with Crippen molar-refractivity contribution < 1.29 is 5.11 Å². The highest BCUT2D eigenvalue weighted by atomic mass is 16.3. The SMILES string of the molecule is CCC(O)C(N)Cc1ncccn1. The topological polar surface area (TPSA) is 72.0 Å². The second-order valence-corrected chi connectivity index (χ2v) is 3.01. The monoisotopic (exact) mass is 181 g/mol. The van der Waals surface area contributed by atoms with E-state index in [1.165, 1.54) is 0 Å². The summed E-state index contributed by atoms with van der Waals surface area (Å²) in [5, 5.41) is 9.41. The molecule has 0 spiro atoms. The Balaban J connectivity index is 2.50. The molecule has 1 aromatic heterocycles. The van der Waals surface area contributed by atoms with Crippen molar-refractivity contribution in [1.82, 2.24) is 9.97 Å². The zero-order valence-corrected chi connectivity index (χ0v) is 7.72. The highest BCUT2D eigenvalue weighted by Crippen LogP contribution is 2.01. The van der Waals surface area contributed by atoms with E-state index < -0.39 is 6.10 Å². The van der Waals surface area contributed by atoms with Crippen LogP contribution in [0, 0.1) is 0 Å². The lowest BCUT2D eigenvalue weighted by Gasteiger charge is -2.15. The third-order valence-corrected chi connectivity index (χ3v) is 1.95. The molecule has 0 aliphatic carbocycles. The molecule has 1 heterocycles. The molecule has 0 aromatic carbocycles. The largest absolute Gasteiger partial charge is 0.392 e. The first-order chi connectivity index (χ1) is 6.24. The third kappa shape index (κ3) is 3.08. The van der Waals surface area contributed by atoms with Gasteiger partial charge in [0.25, 0.3) is 0 Å². The number of nitrogens with zero attached hydrogens (tertiary/aromatic N) is 2. The summed E-state index contributed by atoms with van der Waals surface area (Å²) in [7, 11) is 0. The van der Waals surface area contributed by atoms with E-state index in [4.69, 9.17) is 5.73 Å². The lowest BCUT2D eigenvalue weighted by atomic mass is 10.1. The first-order valence-corrected chi connectivity index (χ1v) is 4.43. The Bertz CT molecular complexity index is 240. The van der Waals surface area contributed by atoms with Gasteiger partial charge in [-0.15, -0.1) is 0 Å². The maximum absolute atomic E-state index is 9.41. The Kier molecular flexibility index (Phi) is 3.79. The van der Waals surface area contributed by atoms with Crippen LogP contribution < -0.4 is 5.73 Å². The Hall–Kier alpha value is -1.00. The molecule has 0 saturated heterocycles. The lowest BCUT2D eigenvalue weighted by Crippen LogP contribution is -2.36. The fraction of sp³-hybridized carbons (Fsp3) is 0.556. The van der Waals surface area contributed by atoms with Crippen molar-refractivity contribution in [3.63, 3.8) is 0 Å². The first-order valence-electron chi connectivity index (χ1n) is 4.43. The Morgan fingerprint density at radius 1 is 1.46 bits per heavy atom. The van der Waals surface area contributed by atoms with Crippen LogP contribution in [-0.2, 0) is 6.42 Å². The van der Waals surface area contributed by atoms with Gasteiger partial charge in [-0.3, -0.25) is 0 Å². The van der Waals surface area contributed by atoms with Gasteiger partial charge < -0.3 is 10.8 Å². The number of aliphatic hydroxyl groups is 1. The number of hydrogen-bond donors (Lipinski definition) is 2. The minimum absolute atomic E-state index is 0.271. The number of aromatic nitrogens is 2. The van der Waals surface area contributed by atoms with Crippen LogP contribution in [0.5, 0.6) is 0 Å². The smallest absolute Gasteiger partial charge is 0.129 e. The summed E-state index contributed by atoms with van der Waals surface area (Å²) < 4.78 is 0. The van der Waals surface area contributed by atoms with Crippen LogP contribution in [-0.4, -0.2) is 27.2 Å². The van der Waals surface area contributed by atoms with Crippen molar-refractivity contribution in [3.8, 4) is 0 Å². The van der Waals surface area contributed by atoms with E-state index >= 15 is 0 Å². The molecule has 3 N–H and O–H groups in total. The van der Waals surface area contributed by atoms with Crippen LogP contribution in [0.25, 0.3) is 0 Å². The van der Waals surface area contributed by atoms with E-state index in [0.29, 0.717) is 18.7 Å². The molecule has 0 saturated carbocycles. The second kappa shape index (κ2) is 4.89. The van der Waals surface area contributed by atoms with Crippen molar-refractivity contribution in [3.05, 3.63) is 24.3 Å². The summed E-state index contributed by atoms with van der Waals surface area (Å²) >= 11 is 0. The highest BCUT2D eigenvalue weighted by molar-refractivity contribution is 4.92. The normalized spacial score (nSPS) is 15.3. The average Bonchev–Trinajstić information content (AvgIpc) is 2.18. The molecule has 0 aliphatic heterocycles. The molecule has 0 amide bonds. The van der Waals surface area contributed by atoms with Crippen molar-refractivity contribution in [1.29, 1.82) is 0 Å². The summed E-state index contributed by atoms with van der Waals surface area (Å²) in [5.41, 5.74) is 5.73. The van der Waals surface area contributed by atoms with Gasteiger partial charge in [0, 0.05) is 24.9 Å². The molecule has 72 valence electrons. The molecule has 0 fully saturated rings. The number of aliphatic hydroxyl groups excluding tert-OH is 1. The Labute approximate surface area is 77.8 Å². The lowest BCUT2D eigenvalue weighted by molar-refractivity contribution is 0.139. The first kappa shape index (κ1) is 10.1. The van der Waals surface area contributed by atoms with Crippen LogP contribution >= 0.6 is 0 Å². The predicted octanol–water partition coefficient (Wildman–Crippen LogP) is 0.117. The fourth-order valence-electron chi connectivity index (χ4n) is 1.08. The molecule has 2 unspecified atom stereocenters. The van der Waals surface area contributed by atoms with E-state index in [0.717, 1.165) is 0 Å². The summed E-state index contributed by atoms with van der Waals surface area (Å²) in [6.07, 6.45) is 4.06. The fourth-order valence-corrected chi connectivity index (χ4v) is 1.08. The van der Waals surface area contributed by atoms with E-state index in [1.807, 2.05) is 6.92 Å². The molecular formula is C9H15N3O. The second-order valence-electron chi connectivity index (χ2n) is 3.01. The molecule has 1 rings (SSSR count). The van der Waals surface area contributed by atoms with Crippen LogP contribution in [0.15, 0.2) is 18.5 Å². The average molecular weight is 181 g/mol. The van der Waals surface area contributed by atoms with Gasteiger partial charge in [-0.1, -0.05) is 6.92 Å². The van der Waals surface area contributed by atoms with Gasteiger partial charge in [0.15, 0.2) is 0 Å². The number of rotatable bonds is 4. The molecule has 4 nitrogen and oxygen atoms in total. The minimum atomic E-state index is -0.469. The molecule has 2 atom stereocenters. The Morgan fingerprint density at radius 2 is 2.08 bits per heavy atom. The maximum Gasteiger partial charge on any atom is 0.129 e. The molecule has 0 bridgehead atoms. The highest BCUT2D eigenvalue weighted by Gasteiger charge is 2.13.